The Balaban J connectivity index is 2.03. The van der Waals surface area contributed by atoms with Crippen LogP contribution in [-0.4, -0.2) is 40.2 Å². The quantitative estimate of drug-likeness (QED) is 0.685. The molecule has 20 heavy (non-hydrogen) atoms. The number of benzene rings is 1. The number of anilines is 1. The van der Waals surface area contributed by atoms with Crippen molar-refractivity contribution < 1.29 is 15.0 Å². The fraction of sp³-hybridized carbons (Fsp3) is 0.200. The average molecular weight is 272 g/mol. The van der Waals surface area contributed by atoms with Crippen LogP contribution in [0.3, 0.4) is 0 Å². The summed E-state index contributed by atoms with van der Waals surface area (Å²) in [7, 11) is 0. The van der Waals surface area contributed by atoms with Gasteiger partial charge in [-0.25, -0.2) is 0 Å². The summed E-state index contributed by atoms with van der Waals surface area (Å²) >= 11 is 0. The van der Waals surface area contributed by atoms with Crippen molar-refractivity contribution in [3.05, 3.63) is 59.9 Å². The molecule has 0 saturated heterocycles. The number of nitrogens with zero attached hydrogens (tertiary/aromatic N) is 1. The highest BCUT2D eigenvalue weighted by atomic mass is 16.3. The van der Waals surface area contributed by atoms with Gasteiger partial charge >= 0.3 is 0 Å². The fourth-order valence-electron chi connectivity index (χ4n) is 1.71. The zero-order valence-electron chi connectivity index (χ0n) is 10.9. The molecule has 0 amide bonds. The van der Waals surface area contributed by atoms with E-state index >= 15 is 0 Å². The summed E-state index contributed by atoms with van der Waals surface area (Å²) in [5.74, 6) is -0.0608. The molecule has 0 saturated carbocycles. The zero-order chi connectivity index (χ0) is 14.4. The molecule has 0 bridgehead atoms. The zero-order valence-corrected chi connectivity index (χ0v) is 10.9. The first-order valence-corrected chi connectivity index (χ1v) is 6.28. The van der Waals surface area contributed by atoms with Crippen LogP contribution in [0.2, 0.25) is 0 Å². The van der Waals surface area contributed by atoms with Gasteiger partial charge in [0.25, 0.3) is 0 Å². The van der Waals surface area contributed by atoms with E-state index in [0.29, 0.717) is 11.1 Å². The first-order chi connectivity index (χ1) is 9.70. The lowest BCUT2D eigenvalue weighted by Gasteiger charge is -2.10. The summed E-state index contributed by atoms with van der Waals surface area (Å²) in [4.78, 5) is 16.0. The summed E-state index contributed by atoms with van der Waals surface area (Å²) in [6.45, 7) is -0.0280. The fourth-order valence-corrected chi connectivity index (χ4v) is 1.71. The van der Waals surface area contributed by atoms with E-state index < -0.39 is 6.10 Å². The van der Waals surface area contributed by atoms with E-state index in [1.165, 1.54) is 0 Å². The van der Waals surface area contributed by atoms with E-state index in [0.717, 1.165) is 5.69 Å². The van der Waals surface area contributed by atoms with Crippen LogP contribution in [0.5, 0.6) is 0 Å². The smallest absolute Gasteiger partial charge is 0.193 e. The molecule has 5 nitrogen and oxygen atoms in total. The van der Waals surface area contributed by atoms with Gasteiger partial charge in [-0.1, -0.05) is 0 Å². The molecule has 1 atom stereocenters. The molecule has 0 fully saturated rings. The third-order valence-corrected chi connectivity index (χ3v) is 2.84. The van der Waals surface area contributed by atoms with Crippen molar-refractivity contribution in [1.29, 1.82) is 0 Å². The minimum absolute atomic E-state index is 0.0608. The molecule has 0 aliphatic rings. The van der Waals surface area contributed by atoms with Crippen LogP contribution in [0, 0.1) is 0 Å². The van der Waals surface area contributed by atoms with Gasteiger partial charge in [0, 0.05) is 35.8 Å². The van der Waals surface area contributed by atoms with Gasteiger partial charge in [0.15, 0.2) is 5.78 Å². The molecule has 0 spiro atoms. The van der Waals surface area contributed by atoms with Gasteiger partial charge in [0.1, 0.15) is 0 Å². The second-order valence-electron chi connectivity index (χ2n) is 4.36. The average Bonchev–Trinajstić information content (AvgIpc) is 2.53. The number of aromatic nitrogens is 1. The number of pyridine rings is 1. The maximum atomic E-state index is 12.1. The number of nitrogens with one attached hydrogen (secondary N) is 1. The number of carbonyl (C=O) groups excluding carboxylic acids is 1. The molecule has 1 heterocycles. The molecule has 3 N–H and O–H groups in total. The highest BCUT2D eigenvalue weighted by Crippen LogP contribution is 2.13. The van der Waals surface area contributed by atoms with Crippen LogP contribution < -0.4 is 5.32 Å². The number of hydrogen-bond donors (Lipinski definition) is 3. The first-order valence-electron chi connectivity index (χ1n) is 6.28. The van der Waals surface area contributed by atoms with Gasteiger partial charge in [0.05, 0.1) is 12.7 Å². The summed E-state index contributed by atoms with van der Waals surface area (Å²) in [5, 5.41) is 20.9. The minimum atomic E-state index is -0.798. The Bertz CT molecular complexity index is 555. The molecule has 2 aromatic rings. The van der Waals surface area contributed by atoms with Crippen molar-refractivity contribution in [2.45, 2.75) is 6.10 Å². The molecule has 104 valence electrons. The van der Waals surface area contributed by atoms with Crippen LogP contribution in [-0.2, 0) is 0 Å². The van der Waals surface area contributed by atoms with E-state index in [9.17, 15) is 9.90 Å². The van der Waals surface area contributed by atoms with Gasteiger partial charge < -0.3 is 15.5 Å². The number of aliphatic hydroxyl groups excluding tert-OH is 2. The highest BCUT2D eigenvalue weighted by molar-refractivity contribution is 6.09. The second kappa shape index (κ2) is 6.79. The Morgan fingerprint density at radius 3 is 2.30 bits per heavy atom. The number of hydrogen-bond acceptors (Lipinski definition) is 5. The molecule has 0 aliphatic carbocycles. The van der Waals surface area contributed by atoms with Gasteiger partial charge in [-0.05, 0) is 36.4 Å². The first kappa shape index (κ1) is 14.2. The van der Waals surface area contributed by atoms with Gasteiger partial charge in [0.2, 0.25) is 0 Å². The Labute approximate surface area is 116 Å². The van der Waals surface area contributed by atoms with E-state index in [4.69, 9.17) is 5.11 Å². The number of aliphatic hydroxyl groups is 2. The van der Waals surface area contributed by atoms with Crippen molar-refractivity contribution in [3.63, 3.8) is 0 Å². The van der Waals surface area contributed by atoms with Crippen molar-refractivity contribution in [2.24, 2.45) is 0 Å². The third kappa shape index (κ3) is 3.63. The predicted molar refractivity (Wildman–Crippen MR) is 75.7 cm³/mol. The largest absolute Gasteiger partial charge is 0.394 e. The van der Waals surface area contributed by atoms with Crippen LogP contribution in [0.25, 0.3) is 0 Å². The summed E-state index contributed by atoms with van der Waals surface area (Å²) in [6, 6.07) is 10.3. The second-order valence-corrected chi connectivity index (χ2v) is 4.36. The monoisotopic (exact) mass is 272 g/mol. The van der Waals surface area contributed by atoms with Gasteiger partial charge in [-0.15, -0.1) is 0 Å². The molecule has 5 heteroatoms. The highest BCUT2D eigenvalue weighted by Gasteiger charge is 2.08. The molecule has 0 radical (unpaired) electrons. The van der Waals surface area contributed by atoms with E-state index in [1.54, 1.807) is 48.8 Å². The molecule has 0 aliphatic heterocycles. The summed E-state index contributed by atoms with van der Waals surface area (Å²) in [5.41, 5.74) is 1.96. The van der Waals surface area contributed by atoms with Crippen LogP contribution in [0.4, 0.5) is 5.69 Å². The van der Waals surface area contributed by atoms with E-state index in [2.05, 4.69) is 10.3 Å². The Kier molecular flexibility index (Phi) is 4.81. The normalized spacial score (nSPS) is 11.9. The molecule has 1 aromatic carbocycles. The van der Waals surface area contributed by atoms with E-state index in [-0.39, 0.29) is 18.9 Å². The molecular formula is C15H16N2O3. The van der Waals surface area contributed by atoms with Crippen LogP contribution in [0.1, 0.15) is 15.9 Å². The lowest BCUT2D eigenvalue weighted by molar-refractivity contribution is 0.103. The van der Waals surface area contributed by atoms with Crippen molar-refractivity contribution in [3.8, 4) is 0 Å². The molecule has 1 unspecified atom stereocenters. The predicted octanol–water partition coefficient (Wildman–Crippen LogP) is 1.08. The SMILES string of the molecule is O=C(c1ccncc1)c1ccc(NCC(O)CO)cc1. The standard InChI is InChI=1S/C15H16N2O3/c18-10-14(19)9-17-13-3-1-11(2-4-13)15(20)12-5-7-16-8-6-12/h1-8,14,17-19H,9-10H2. The Morgan fingerprint density at radius 2 is 1.70 bits per heavy atom. The molecule has 1 aromatic heterocycles. The molecule has 2 rings (SSSR count). The van der Waals surface area contributed by atoms with Crippen molar-refractivity contribution in [1.82, 2.24) is 4.98 Å². The summed E-state index contributed by atoms with van der Waals surface area (Å²) in [6.07, 6.45) is 2.37. The number of carbonyl (C=O) groups is 1. The van der Waals surface area contributed by atoms with Gasteiger partial charge in [-0.3, -0.25) is 9.78 Å². The topological polar surface area (TPSA) is 82.5 Å². The third-order valence-electron chi connectivity index (χ3n) is 2.84. The number of ketones is 1. The van der Waals surface area contributed by atoms with Crippen LogP contribution in [0.15, 0.2) is 48.8 Å². The maximum Gasteiger partial charge on any atom is 0.193 e. The Morgan fingerprint density at radius 1 is 1.10 bits per heavy atom. The minimum Gasteiger partial charge on any atom is -0.394 e. The van der Waals surface area contributed by atoms with Crippen LogP contribution >= 0.6 is 0 Å². The lowest BCUT2D eigenvalue weighted by atomic mass is 10.0. The summed E-state index contributed by atoms with van der Waals surface area (Å²) < 4.78 is 0. The lowest BCUT2D eigenvalue weighted by Crippen LogP contribution is -2.22. The van der Waals surface area contributed by atoms with Crippen molar-refractivity contribution in [2.75, 3.05) is 18.5 Å². The Hall–Kier alpha value is -2.24. The van der Waals surface area contributed by atoms with E-state index in [1.807, 2.05) is 0 Å². The number of rotatable bonds is 6. The van der Waals surface area contributed by atoms with Gasteiger partial charge in [-0.2, -0.15) is 0 Å². The molecular weight excluding hydrogens is 256 g/mol. The van der Waals surface area contributed by atoms with Crippen molar-refractivity contribution >= 4 is 11.5 Å². The maximum absolute atomic E-state index is 12.1.